The largest absolute Gasteiger partial charge is 0.342 e. The van der Waals surface area contributed by atoms with Gasteiger partial charge in [-0.05, 0) is 30.3 Å². The van der Waals surface area contributed by atoms with Crippen LogP contribution >= 0.6 is 22.9 Å². The Bertz CT molecular complexity index is 883. The lowest BCUT2D eigenvalue weighted by atomic mass is 10.3. The van der Waals surface area contributed by atoms with Crippen LogP contribution in [0.15, 0.2) is 48.1 Å². The zero-order valence-corrected chi connectivity index (χ0v) is 14.3. The third kappa shape index (κ3) is 4.59. The molecular formula is C16H12ClN5O2S. The molecule has 9 heteroatoms. The van der Waals surface area contributed by atoms with Crippen molar-refractivity contribution in [3.8, 4) is 10.8 Å². The monoisotopic (exact) mass is 373 g/mol. The Hall–Kier alpha value is -2.84. The number of benzene rings is 1. The number of nitrogens with one attached hydrogen (secondary N) is 2. The second-order valence-electron chi connectivity index (χ2n) is 4.85. The minimum atomic E-state index is -0.440. The average Bonchev–Trinajstić information content (AvgIpc) is 3.13. The molecule has 3 aromatic rings. The van der Waals surface area contributed by atoms with E-state index in [1.165, 1.54) is 11.3 Å². The number of hydrogen-bond donors (Lipinski definition) is 2. The van der Waals surface area contributed by atoms with Gasteiger partial charge in [-0.1, -0.05) is 11.6 Å². The summed E-state index contributed by atoms with van der Waals surface area (Å²) in [6, 6.07) is 8.38. The molecule has 2 aromatic heterocycles. The molecule has 2 heterocycles. The van der Waals surface area contributed by atoms with Gasteiger partial charge in [0.1, 0.15) is 5.69 Å². The first kappa shape index (κ1) is 17.0. The van der Waals surface area contributed by atoms with E-state index >= 15 is 0 Å². The van der Waals surface area contributed by atoms with Gasteiger partial charge in [-0.25, -0.2) is 15.0 Å². The average molecular weight is 374 g/mol. The van der Waals surface area contributed by atoms with Crippen LogP contribution in [0.4, 0.5) is 5.69 Å². The van der Waals surface area contributed by atoms with E-state index < -0.39 is 5.91 Å². The van der Waals surface area contributed by atoms with Gasteiger partial charge in [-0.3, -0.25) is 9.59 Å². The number of rotatable bonds is 5. The van der Waals surface area contributed by atoms with Crippen LogP contribution in [-0.2, 0) is 4.79 Å². The van der Waals surface area contributed by atoms with Crippen molar-refractivity contribution in [3.05, 3.63) is 58.8 Å². The minimum Gasteiger partial charge on any atom is -0.342 e. The number of carbonyl (C=O) groups is 2. The Kier molecular flexibility index (Phi) is 5.32. The Morgan fingerprint density at radius 2 is 1.84 bits per heavy atom. The highest BCUT2D eigenvalue weighted by Crippen LogP contribution is 2.19. The van der Waals surface area contributed by atoms with E-state index in [0.717, 1.165) is 0 Å². The fourth-order valence-corrected chi connectivity index (χ4v) is 2.75. The van der Waals surface area contributed by atoms with Crippen LogP contribution < -0.4 is 10.6 Å². The smallest absolute Gasteiger partial charge is 0.271 e. The summed E-state index contributed by atoms with van der Waals surface area (Å²) >= 11 is 7.04. The number of thiazole rings is 1. The molecular weight excluding hydrogens is 362 g/mol. The highest BCUT2D eigenvalue weighted by atomic mass is 35.5. The van der Waals surface area contributed by atoms with Gasteiger partial charge in [-0.2, -0.15) is 0 Å². The van der Waals surface area contributed by atoms with Gasteiger partial charge in [0.05, 0.1) is 6.54 Å². The van der Waals surface area contributed by atoms with E-state index in [1.54, 1.807) is 48.1 Å². The zero-order chi connectivity index (χ0) is 17.6. The molecule has 2 amide bonds. The van der Waals surface area contributed by atoms with Gasteiger partial charge >= 0.3 is 0 Å². The van der Waals surface area contributed by atoms with Crippen molar-refractivity contribution in [2.45, 2.75) is 0 Å². The van der Waals surface area contributed by atoms with Crippen molar-refractivity contribution in [2.24, 2.45) is 0 Å². The Labute approximate surface area is 152 Å². The van der Waals surface area contributed by atoms with E-state index in [1.807, 2.05) is 0 Å². The van der Waals surface area contributed by atoms with Crippen molar-refractivity contribution < 1.29 is 9.59 Å². The van der Waals surface area contributed by atoms with E-state index in [-0.39, 0.29) is 18.1 Å². The standard InChI is InChI=1S/C16H12ClN5O2S/c17-10-2-4-11(5-3-10)21-13(23)8-20-15(24)12-9-25-16(22-12)14-18-6-1-7-19-14/h1-7,9H,8H2,(H,20,24)(H,21,23). The maximum absolute atomic E-state index is 12.1. The second-order valence-corrected chi connectivity index (χ2v) is 6.14. The Morgan fingerprint density at radius 3 is 2.56 bits per heavy atom. The predicted molar refractivity (Wildman–Crippen MR) is 95.6 cm³/mol. The quantitative estimate of drug-likeness (QED) is 0.716. The van der Waals surface area contributed by atoms with E-state index in [2.05, 4.69) is 25.6 Å². The van der Waals surface area contributed by atoms with Crippen molar-refractivity contribution in [2.75, 3.05) is 11.9 Å². The van der Waals surface area contributed by atoms with Crippen LogP contribution in [0.2, 0.25) is 5.02 Å². The summed E-state index contributed by atoms with van der Waals surface area (Å²) in [4.78, 5) is 36.3. The van der Waals surface area contributed by atoms with Crippen molar-refractivity contribution in [1.82, 2.24) is 20.3 Å². The number of anilines is 1. The summed E-state index contributed by atoms with van der Waals surface area (Å²) in [5.74, 6) is -0.339. The molecule has 0 bridgehead atoms. The summed E-state index contributed by atoms with van der Waals surface area (Å²) in [6.07, 6.45) is 3.20. The van der Waals surface area contributed by atoms with Crippen LogP contribution in [0.25, 0.3) is 10.8 Å². The third-order valence-corrected chi connectivity index (χ3v) is 4.12. The van der Waals surface area contributed by atoms with Crippen LogP contribution in [0, 0.1) is 0 Å². The molecule has 0 radical (unpaired) electrons. The van der Waals surface area contributed by atoms with E-state index in [4.69, 9.17) is 11.6 Å². The van der Waals surface area contributed by atoms with Crippen LogP contribution in [-0.4, -0.2) is 33.3 Å². The highest BCUT2D eigenvalue weighted by molar-refractivity contribution is 7.13. The molecule has 0 unspecified atom stereocenters. The third-order valence-electron chi connectivity index (χ3n) is 3.03. The zero-order valence-electron chi connectivity index (χ0n) is 12.8. The summed E-state index contributed by atoms with van der Waals surface area (Å²) in [7, 11) is 0. The first-order chi connectivity index (χ1) is 12.1. The lowest BCUT2D eigenvalue weighted by Gasteiger charge is -2.06. The summed E-state index contributed by atoms with van der Waals surface area (Å²) < 4.78 is 0. The predicted octanol–water partition coefficient (Wildman–Crippen LogP) is 2.62. The van der Waals surface area contributed by atoms with Gasteiger partial charge in [0.2, 0.25) is 5.91 Å². The van der Waals surface area contributed by atoms with Gasteiger partial charge in [-0.15, -0.1) is 11.3 Å². The minimum absolute atomic E-state index is 0.170. The van der Waals surface area contributed by atoms with E-state index in [0.29, 0.717) is 21.5 Å². The molecule has 0 saturated heterocycles. The first-order valence-corrected chi connectivity index (χ1v) is 8.44. The van der Waals surface area contributed by atoms with Crippen molar-refractivity contribution in [1.29, 1.82) is 0 Å². The number of nitrogens with zero attached hydrogens (tertiary/aromatic N) is 3. The molecule has 25 heavy (non-hydrogen) atoms. The molecule has 7 nitrogen and oxygen atoms in total. The summed E-state index contributed by atoms with van der Waals surface area (Å²) in [6.45, 7) is -0.170. The van der Waals surface area contributed by atoms with Crippen LogP contribution in [0.5, 0.6) is 0 Å². The van der Waals surface area contributed by atoms with Gasteiger partial charge < -0.3 is 10.6 Å². The lowest BCUT2D eigenvalue weighted by Crippen LogP contribution is -2.33. The first-order valence-electron chi connectivity index (χ1n) is 7.18. The molecule has 0 fully saturated rings. The van der Waals surface area contributed by atoms with Gasteiger partial charge in [0, 0.05) is 28.5 Å². The Balaban J connectivity index is 1.55. The maximum Gasteiger partial charge on any atom is 0.271 e. The maximum atomic E-state index is 12.1. The van der Waals surface area contributed by atoms with Crippen LogP contribution in [0.1, 0.15) is 10.5 Å². The topological polar surface area (TPSA) is 96.9 Å². The second kappa shape index (κ2) is 7.82. The number of amides is 2. The molecule has 3 rings (SSSR count). The van der Waals surface area contributed by atoms with E-state index in [9.17, 15) is 9.59 Å². The highest BCUT2D eigenvalue weighted by Gasteiger charge is 2.14. The molecule has 0 aliphatic carbocycles. The van der Waals surface area contributed by atoms with Gasteiger partial charge in [0.15, 0.2) is 10.8 Å². The van der Waals surface area contributed by atoms with Crippen LogP contribution in [0.3, 0.4) is 0 Å². The van der Waals surface area contributed by atoms with Crippen molar-refractivity contribution in [3.63, 3.8) is 0 Å². The van der Waals surface area contributed by atoms with Crippen molar-refractivity contribution >= 4 is 40.4 Å². The molecule has 0 atom stereocenters. The SMILES string of the molecule is O=C(CNC(=O)c1csc(-c2ncccn2)n1)Nc1ccc(Cl)cc1. The molecule has 2 N–H and O–H groups in total. The number of halogens is 1. The Morgan fingerprint density at radius 1 is 1.12 bits per heavy atom. The summed E-state index contributed by atoms with van der Waals surface area (Å²) in [5.41, 5.74) is 0.813. The molecule has 0 spiro atoms. The molecule has 126 valence electrons. The molecule has 0 saturated carbocycles. The number of aromatic nitrogens is 3. The number of carbonyl (C=O) groups excluding carboxylic acids is 2. The fraction of sp³-hybridized carbons (Fsp3) is 0.0625. The number of hydrogen-bond acceptors (Lipinski definition) is 6. The molecule has 0 aliphatic rings. The summed E-state index contributed by atoms with van der Waals surface area (Å²) in [5, 5.41) is 7.89. The molecule has 0 aliphatic heterocycles. The normalized spacial score (nSPS) is 10.3. The molecule has 1 aromatic carbocycles. The fourth-order valence-electron chi connectivity index (χ4n) is 1.88. The lowest BCUT2D eigenvalue weighted by molar-refractivity contribution is -0.115. The van der Waals surface area contributed by atoms with Gasteiger partial charge in [0.25, 0.3) is 5.91 Å².